The molecule has 1 fully saturated rings. The molecule has 3 rings (SSSR count). The third kappa shape index (κ3) is 2.09. The van der Waals surface area contributed by atoms with Crippen molar-refractivity contribution in [1.29, 1.82) is 5.26 Å². The molecular weight excluding hydrogens is 241 g/mol. The van der Waals surface area contributed by atoms with Crippen LogP contribution in [0.1, 0.15) is 35.6 Å². The Labute approximate surface area is 110 Å². The fraction of sp³-hybridized carbons (Fsp3) is 0.200. The minimum atomic E-state index is -0.459. The van der Waals surface area contributed by atoms with Gasteiger partial charge in [0.15, 0.2) is 0 Å². The summed E-state index contributed by atoms with van der Waals surface area (Å²) in [7, 11) is 0. The maximum Gasteiger partial charge on any atom is 0.126 e. The zero-order valence-electron chi connectivity index (χ0n) is 10.1. The van der Waals surface area contributed by atoms with Crippen LogP contribution >= 0.6 is 0 Å². The van der Waals surface area contributed by atoms with Gasteiger partial charge in [-0.25, -0.2) is 9.07 Å². The number of aromatic nitrogens is 2. The van der Waals surface area contributed by atoms with Gasteiger partial charge >= 0.3 is 0 Å². The largest absolute Gasteiger partial charge is 0.239 e. The summed E-state index contributed by atoms with van der Waals surface area (Å²) < 4.78 is 15.0. The average Bonchev–Trinajstić information content (AvgIpc) is 3.17. The van der Waals surface area contributed by atoms with Crippen molar-refractivity contribution >= 4 is 0 Å². The molecule has 0 amide bonds. The Bertz CT molecular complexity index is 727. The van der Waals surface area contributed by atoms with Gasteiger partial charge in [-0.15, -0.1) is 6.42 Å². The fourth-order valence-electron chi connectivity index (χ4n) is 2.06. The first-order chi connectivity index (χ1) is 9.21. The zero-order chi connectivity index (χ0) is 13.4. The lowest BCUT2D eigenvalue weighted by molar-refractivity contribution is 0.624. The van der Waals surface area contributed by atoms with Crippen molar-refractivity contribution in [2.24, 2.45) is 0 Å². The van der Waals surface area contributed by atoms with E-state index in [1.165, 1.54) is 12.1 Å². The normalized spacial score (nSPS) is 13.8. The zero-order valence-corrected chi connectivity index (χ0v) is 10.1. The Morgan fingerprint density at radius 1 is 1.37 bits per heavy atom. The molecule has 2 aromatic rings. The number of halogens is 1. The van der Waals surface area contributed by atoms with Crippen molar-refractivity contribution in [2.45, 2.75) is 18.8 Å². The van der Waals surface area contributed by atoms with E-state index in [0.717, 1.165) is 24.1 Å². The van der Waals surface area contributed by atoms with Gasteiger partial charge in [0, 0.05) is 12.1 Å². The van der Waals surface area contributed by atoms with Gasteiger partial charge in [-0.05, 0) is 31.0 Å². The van der Waals surface area contributed by atoms with Crippen LogP contribution in [0.4, 0.5) is 4.39 Å². The smallest absolute Gasteiger partial charge is 0.126 e. The van der Waals surface area contributed by atoms with Crippen LogP contribution in [0.15, 0.2) is 24.4 Å². The molecule has 92 valence electrons. The van der Waals surface area contributed by atoms with Crippen LogP contribution in [0, 0.1) is 29.5 Å². The molecule has 0 bridgehead atoms. The van der Waals surface area contributed by atoms with Gasteiger partial charge in [-0.1, -0.05) is 5.92 Å². The highest BCUT2D eigenvalue weighted by atomic mass is 19.1. The van der Waals surface area contributed by atoms with Crippen LogP contribution in [-0.4, -0.2) is 9.78 Å². The van der Waals surface area contributed by atoms with Crippen LogP contribution in [-0.2, 0) is 0 Å². The Balaban J connectivity index is 2.10. The Hall–Kier alpha value is -2.59. The van der Waals surface area contributed by atoms with Crippen molar-refractivity contribution in [3.05, 3.63) is 47.0 Å². The highest BCUT2D eigenvalue weighted by Crippen LogP contribution is 2.40. The van der Waals surface area contributed by atoms with Crippen LogP contribution in [0.3, 0.4) is 0 Å². The van der Waals surface area contributed by atoms with Crippen LogP contribution in [0.2, 0.25) is 0 Å². The van der Waals surface area contributed by atoms with E-state index in [0.29, 0.717) is 11.6 Å². The van der Waals surface area contributed by atoms with Crippen molar-refractivity contribution in [3.8, 4) is 24.1 Å². The van der Waals surface area contributed by atoms with Gasteiger partial charge in [0.05, 0.1) is 28.6 Å². The molecule has 0 aliphatic heterocycles. The summed E-state index contributed by atoms with van der Waals surface area (Å²) in [5, 5.41) is 13.3. The molecule has 1 heterocycles. The summed E-state index contributed by atoms with van der Waals surface area (Å²) in [5.74, 6) is 2.58. The topological polar surface area (TPSA) is 41.6 Å². The Morgan fingerprint density at radius 2 is 2.16 bits per heavy atom. The summed E-state index contributed by atoms with van der Waals surface area (Å²) in [6.07, 6.45) is 9.37. The second-order valence-corrected chi connectivity index (χ2v) is 4.60. The minimum absolute atomic E-state index is 0.265. The third-order valence-corrected chi connectivity index (χ3v) is 3.14. The first kappa shape index (κ1) is 11.5. The lowest BCUT2D eigenvalue weighted by atomic mass is 10.2. The van der Waals surface area contributed by atoms with Crippen LogP contribution in [0.5, 0.6) is 0 Å². The lowest BCUT2D eigenvalue weighted by Crippen LogP contribution is -1.97. The van der Waals surface area contributed by atoms with Gasteiger partial charge in [0.2, 0.25) is 0 Å². The second-order valence-electron chi connectivity index (χ2n) is 4.60. The molecule has 0 N–H and O–H groups in total. The number of terminal acetylenes is 1. The second kappa shape index (κ2) is 4.26. The highest BCUT2D eigenvalue weighted by molar-refractivity contribution is 5.45. The molecule has 0 radical (unpaired) electrons. The predicted molar refractivity (Wildman–Crippen MR) is 68.1 cm³/mol. The van der Waals surface area contributed by atoms with Crippen LogP contribution < -0.4 is 0 Å². The summed E-state index contributed by atoms with van der Waals surface area (Å²) in [4.78, 5) is 0. The molecule has 1 aliphatic rings. The number of benzene rings is 1. The third-order valence-electron chi connectivity index (χ3n) is 3.14. The molecule has 0 spiro atoms. The molecule has 0 unspecified atom stereocenters. The maximum atomic E-state index is 13.4. The van der Waals surface area contributed by atoms with E-state index < -0.39 is 5.82 Å². The summed E-state index contributed by atoms with van der Waals surface area (Å²) in [5.41, 5.74) is 2.41. The Morgan fingerprint density at radius 3 is 2.79 bits per heavy atom. The van der Waals surface area contributed by atoms with Gasteiger partial charge in [0.1, 0.15) is 5.82 Å². The molecule has 4 heteroatoms. The number of nitrogens with zero attached hydrogens (tertiary/aromatic N) is 3. The monoisotopic (exact) mass is 251 g/mol. The first-order valence-electron chi connectivity index (χ1n) is 5.98. The lowest BCUT2D eigenvalue weighted by Gasteiger charge is -2.02. The summed E-state index contributed by atoms with van der Waals surface area (Å²) in [6, 6.07) is 6.05. The van der Waals surface area contributed by atoms with E-state index in [-0.39, 0.29) is 5.56 Å². The molecule has 1 aliphatic carbocycles. The van der Waals surface area contributed by atoms with E-state index in [4.69, 9.17) is 11.7 Å². The predicted octanol–water partition coefficient (Wildman–Crippen LogP) is 2.74. The molecular formula is C15H10FN3. The standard InChI is InChI=1S/C15H10FN3/c1-2-11-9-19(18-15(11)12-3-4-12)14-6-10(8-17)5-13(16)7-14/h1,5-7,9,12H,3-4H2. The highest BCUT2D eigenvalue weighted by Gasteiger charge is 2.29. The van der Waals surface area contributed by atoms with E-state index in [9.17, 15) is 4.39 Å². The van der Waals surface area contributed by atoms with E-state index in [1.54, 1.807) is 16.9 Å². The maximum absolute atomic E-state index is 13.4. The molecule has 0 saturated heterocycles. The minimum Gasteiger partial charge on any atom is -0.239 e. The van der Waals surface area contributed by atoms with E-state index in [2.05, 4.69) is 11.0 Å². The van der Waals surface area contributed by atoms with Gasteiger partial charge < -0.3 is 0 Å². The number of hydrogen-bond donors (Lipinski definition) is 0. The van der Waals surface area contributed by atoms with Crippen molar-refractivity contribution in [2.75, 3.05) is 0 Å². The number of rotatable bonds is 2. The average molecular weight is 251 g/mol. The number of hydrogen-bond acceptors (Lipinski definition) is 2. The molecule has 1 aromatic carbocycles. The first-order valence-corrected chi connectivity index (χ1v) is 5.98. The fourth-order valence-corrected chi connectivity index (χ4v) is 2.06. The van der Waals surface area contributed by atoms with Crippen molar-refractivity contribution in [3.63, 3.8) is 0 Å². The van der Waals surface area contributed by atoms with E-state index >= 15 is 0 Å². The molecule has 19 heavy (non-hydrogen) atoms. The molecule has 1 saturated carbocycles. The van der Waals surface area contributed by atoms with E-state index in [1.807, 2.05) is 6.07 Å². The molecule has 1 aromatic heterocycles. The molecule has 3 nitrogen and oxygen atoms in total. The van der Waals surface area contributed by atoms with Crippen molar-refractivity contribution in [1.82, 2.24) is 9.78 Å². The van der Waals surface area contributed by atoms with Gasteiger partial charge in [0.25, 0.3) is 0 Å². The quantitative estimate of drug-likeness (QED) is 0.770. The van der Waals surface area contributed by atoms with Crippen LogP contribution in [0.25, 0.3) is 5.69 Å². The number of nitriles is 1. The summed E-state index contributed by atoms with van der Waals surface area (Å²) >= 11 is 0. The van der Waals surface area contributed by atoms with Gasteiger partial charge in [-0.2, -0.15) is 10.4 Å². The van der Waals surface area contributed by atoms with Crippen molar-refractivity contribution < 1.29 is 4.39 Å². The summed E-state index contributed by atoms with van der Waals surface area (Å²) in [6.45, 7) is 0. The Kier molecular flexibility index (Phi) is 2.58. The van der Waals surface area contributed by atoms with Gasteiger partial charge in [-0.3, -0.25) is 0 Å². The SMILES string of the molecule is C#Cc1cn(-c2cc(F)cc(C#N)c2)nc1C1CC1. The molecule has 0 atom stereocenters.